The number of para-hydroxylation sites is 4. The van der Waals surface area contributed by atoms with E-state index >= 15 is 0 Å². The zero-order chi connectivity index (χ0) is 31.6. The molecule has 0 saturated carbocycles. The predicted molar refractivity (Wildman–Crippen MR) is 192 cm³/mol. The monoisotopic (exact) mass is 606 g/mol. The molecule has 0 saturated heterocycles. The van der Waals surface area contributed by atoms with Crippen LogP contribution in [-0.4, -0.2) is 19.6 Å². The summed E-state index contributed by atoms with van der Waals surface area (Å²) in [4.78, 5) is 12.0. The van der Waals surface area contributed by atoms with Crippen LogP contribution in [-0.2, 0) is 0 Å². The van der Waals surface area contributed by atoms with Crippen LogP contribution in [0.2, 0.25) is 0 Å². The standard InChI is InChI=1S/C42H30N4O/c47-40-29-35(45(32-16-4-1-5-17-32)33-18-6-2-7-19-33)25-26-37(40)42-44-41-36(22-13-24-39(41)46(42)34-20-8-3-9-21-34)30-14-12-15-31(28-30)38-23-10-11-27-43-38/h1-29,47H. The van der Waals surface area contributed by atoms with Crippen molar-refractivity contribution in [3.05, 3.63) is 176 Å². The topological polar surface area (TPSA) is 54.2 Å². The molecule has 8 aromatic rings. The van der Waals surface area contributed by atoms with E-state index in [0.29, 0.717) is 11.4 Å². The summed E-state index contributed by atoms with van der Waals surface area (Å²) >= 11 is 0. The van der Waals surface area contributed by atoms with Crippen molar-refractivity contribution in [3.8, 4) is 45.2 Å². The smallest absolute Gasteiger partial charge is 0.149 e. The highest BCUT2D eigenvalue weighted by molar-refractivity contribution is 5.96. The number of pyridine rings is 1. The van der Waals surface area contributed by atoms with E-state index in [1.165, 1.54) is 0 Å². The number of nitrogens with zero attached hydrogens (tertiary/aromatic N) is 4. The lowest BCUT2D eigenvalue weighted by atomic mass is 10.0. The number of hydrogen-bond donors (Lipinski definition) is 1. The molecule has 2 heterocycles. The van der Waals surface area contributed by atoms with E-state index in [4.69, 9.17) is 4.98 Å². The first kappa shape index (κ1) is 28.0. The maximum atomic E-state index is 11.7. The van der Waals surface area contributed by atoms with Crippen LogP contribution in [0.15, 0.2) is 176 Å². The Hall–Kier alpha value is -6.46. The van der Waals surface area contributed by atoms with E-state index in [1.54, 1.807) is 0 Å². The zero-order valence-electron chi connectivity index (χ0n) is 25.5. The zero-order valence-corrected chi connectivity index (χ0v) is 25.5. The highest BCUT2D eigenvalue weighted by Gasteiger charge is 2.21. The second kappa shape index (κ2) is 12.1. The molecule has 8 rings (SSSR count). The Morgan fingerprint density at radius 3 is 1.85 bits per heavy atom. The van der Waals surface area contributed by atoms with Crippen LogP contribution in [0, 0.1) is 0 Å². The molecule has 0 fully saturated rings. The molecule has 0 atom stereocenters. The van der Waals surface area contributed by atoms with Crippen molar-refractivity contribution in [3.63, 3.8) is 0 Å². The summed E-state index contributed by atoms with van der Waals surface area (Å²) in [6, 6.07) is 57.0. The lowest BCUT2D eigenvalue weighted by Gasteiger charge is -2.25. The summed E-state index contributed by atoms with van der Waals surface area (Å²) in [5.74, 6) is 0.806. The average Bonchev–Trinajstić information content (AvgIpc) is 3.53. The molecule has 0 aliphatic heterocycles. The van der Waals surface area contributed by atoms with Gasteiger partial charge in [-0.3, -0.25) is 9.55 Å². The number of phenols is 1. The summed E-state index contributed by atoms with van der Waals surface area (Å²) in [5, 5.41) is 11.7. The van der Waals surface area contributed by atoms with Crippen molar-refractivity contribution < 1.29 is 5.11 Å². The van der Waals surface area contributed by atoms with Crippen molar-refractivity contribution in [2.75, 3.05) is 4.90 Å². The molecule has 0 unspecified atom stereocenters. The van der Waals surface area contributed by atoms with E-state index < -0.39 is 0 Å². The third kappa shape index (κ3) is 5.30. The van der Waals surface area contributed by atoms with Crippen LogP contribution in [0.5, 0.6) is 5.75 Å². The first-order valence-corrected chi connectivity index (χ1v) is 15.6. The van der Waals surface area contributed by atoms with Crippen molar-refractivity contribution in [1.82, 2.24) is 14.5 Å². The molecule has 0 aliphatic carbocycles. The minimum absolute atomic E-state index is 0.144. The fraction of sp³-hybridized carbons (Fsp3) is 0. The van der Waals surface area contributed by atoms with Crippen LogP contribution in [0.3, 0.4) is 0 Å². The summed E-state index contributed by atoms with van der Waals surface area (Å²) in [6.07, 6.45) is 1.81. The van der Waals surface area contributed by atoms with E-state index in [0.717, 1.165) is 56.2 Å². The number of fused-ring (bicyclic) bond motifs is 1. The molecule has 2 aromatic heterocycles. The van der Waals surface area contributed by atoms with Crippen LogP contribution in [0.1, 0.15) is 0 Å². The van der Waals surface area contributed by atoms with Gasteiger partial charge in [-0.05, 0) is 78.4 Å². The Balaban J connectivity index is 1.30. The van der Waals surface area contributed by atoms with Gasteiger partial charge in [-0.25, -0.2) is 4.98 Å². The molecule has 47 heavy (non-hydrogen) atoms. The van der Waals surface area contributed by atoms with Gasteiger partial charge in [-0.1, -0.05) is 91.0 Å². The van der Waals surface area contributed by atoms with Gasteiger partial charge in [-0.2, -0.15) is 0 Å². The number of hydrogen-bond acceptors (Lipinski definition) is 4. The van der Waals surface area contributed by atoms with Gasteiger partial charge >= 0.3 is 0 Å². The third-order valence-electron chi connectivity index (χ3n) is 8.34. The normalized spacial score (nSPS) is 11.1. The van der Waals surface area contributed by atoms with E-state index in [9.17, 15) is 5.11 Å². The lowest BCUT2D eigenvalue weighted by Crippen LogP contribution is -2.09. The van der Waals surface area contributed by atoms with Gasteiger partial charge in [0.05, 0.1) is 22.3 Å². The number of imidazole rings is 1. The molecular formula is C42H30N4O. The summed E-state index contributed by atoms with van der Waals surface area (Å²) < 4.78 is 2.13. The number of aromatic nitrogens is 3. The minimum Gasteiger partial charge on any atom is -0.507 e. The Morgan fingerprint density at radius 2 is 1.17 bits per heavy atom. The van der Waals surface area contributed by atoms with Crippen LogP contribution in [0.25, 0.3) is 50.5 Å². The van der Waals surface area contributed by atoms with Gasteiger partial charge in [-0.15, -0.1) is 0 Å². The molecule has 5 nitrogen and oxygen atoms in total. The Labute approximate surface area is 273 Å². The maximum Gasteiger partial charge on any atom is 0.149 e. The largest absolute Gasteiger partial charge is 0.507 e. The predicted octanol–water partition coefficient (Wildman–Crippen LogP) is 10.6. The Kier molecular flexibility index (Phi) is 7.25. The van der Waals surface area contributed by atoms with Crippen LogP contribution >= 0.6 is 0 Å². The first-order valence-electron chi connectivity index (χ1n) is 15.6. The SMILES string of the molecule is Oc1cc(N(c2ccccc2)c2ccccc2)ccc1-c1nc2c(-c3cccc(-c4ccccn4)c3)cccc2n1-c1ccccc1. The van der Waals surface area contributed by atoms with E-state index in [-0.39, 0.29) is 5.75 Å². The minimum atomic E-state index is 0.144. The van der Waals surface area contributed by atoms with Crippen molar-refractivity contribution >= 4 is 28.1 Å². The highest BCUT2D eigenvalue weighted by atomic mass is 16.3. The van der Waals surface area contributed by atoms with Gasteiger partial charge in [0, 0.05) is 46.1 Å². The first-order chi connectivity index (χ1) is 23.2. The molecule has 224 valence electrons. The molecule has 5 heteroatoms. The second-order valence-corrected chi connectivity index (χ2v) is 11.3. The van der Waals surface area contributed by atoms with Crippen LogP contribution < -0.4 is 4.90 Å². The Morgan fingerprint density at radius 1 is 0.511 bits per heavy atom. The van der Waals surface area contributed by atoms with Gasteiger partial charge in [0.15, 0.2) is 0 Å². The van der Waals surface area contributed by atoms with Crippen molar-refractivity contribution in [2.24, 2.45) is 0 Å². The molecule has 0 bridgehead atoms. The number of aromatic hydroxyl groups is 1. The second-order valence-electron chi connectivity index (χ2n) is 11.3. The summed E-state index contributed by atoms with van der Waals surface area (Å²) in [6.45, 7) is 0. The number of phenolic OH excluding ortho intramolecular Hbond substituents is 1. The fourth-order valence-corrected chi connectivity index (χ4v) is 6.18. The van der Waals surface area contributed by atoms with E-state index in [1.807, 2.05) is 97.2 Å². The lowest BCUT2D eigenvalue weighted by molar-refractivity contribution is 0.477. The highest BCUT2D eigenvalue weighted by Crippen LogP contribution is 2.41. The molecule has 6 aromatic carbocycles. The maximum absolute atomic E-state index is 11.7. The molecular weight excluding hydrogens is 576 g/mol. The summed E-state index contributed by atoms with van der Waals surface area (Å²) in [5.41, 5.74) is 10.3. The quantitative estimate of drug-likeness (QED) is 0.196. The molecule has 0 radical (unpaired) electrons. The summed E-state index contributed by atoms with van der Waals surface area (Å²) in [7, 11) is 0. The van der Waals surface area contributed by atoms with Crippen molar-refractivity contribution in [2.45, 2.75) is 0 Å². The third-order valence-corrected chi connectivity index (χ3v) is 8.34. The van der Waals surface area contributed by atoms with Gasteiger partial charge < -0.3 is 10.0 Å². The molecule has 0 amide bonds. The van der Waals surface area contributed by atoms with Gasteiger partial charge in [0.25, 0.3) is 0 Å². The number of anilines is 3. The fourth-order valence-electron chi connectivity index (χ4n) is 6.18. The molecule has 0 spiro atoms. The molecule has 0 aliphatic rings. The number of benzene rings is 6. The number of rotatable bonds is 7. The van der Waals surface area contributed by atoms with E-state index in [2.05, 4.69) is 93.3 Å². The van der Waals surface area contributed by atoms with Crippen molar-refractivity contribution in [1.29, 1.82) is 0 Å². The Bertz CT molecular complexity index is 2260. The van der Waals surface area contributed by atoms with Crippen LogP contribution in [0.4, 0.5) is 17.1 Å². The molecule has 1 N–H and O–H groups in total. The van der Waals surface area contributed by atoms with Gasteiger partial charge in [0.1, 0.15) is 11.6 Å². The van der Waals surface area contributed by atoms with Gasteiger partial charge in [0.2, 0.25) is 0 Å². The average molecular weight is 607 g/mol.